The van der Waals surface area contributed by atoms with Crippen LogP contribution >= 0.6 is 0 Å². The van der Waals surface area contributed by atoms with E-state index in [-0.39, 0.29) is 0 Å². The lowest BCUT2D eigenvalue weighted by Crippen LogP contribution is -1.96. The van der Waals surface area contributed by atoms with Crippen LogP contribution in [0.4, 0.5) is 0 Å². The molecule has 0 amide bonds. The molecule has 26 heavy (non-hydrogen) atoms. The summed E-state index contributed by atoms with van der Waals surface area (Å²) in [5.74, 6) is 1.52. The number of pyridine rings is 1. The molecule has 0 N–H and O–H groups in total. The first-order valence-electron chi connectivity index (χ1n) is 8.50. The molecule has 4 heteroatoms. The molecule has 0 unspecified atom stereocenters. The molecule has 2 aromatic carbocycles. The summed E-state index contributed by atoms with van der Waals surface area (Å²) in [6, 6.07) is 18.1. The first-order valence-corrected chi connectivity index (χ1v) is 8.50. The van der Waals surface area contributed by atoms with Crippen LogP contribution in [0.1, 0.15) is 11.1 Å². The molecular formula is C22H19N3O. The van der Waals surface area contributed by atoms with Crippen molar-refractivity contribution in [3.05, 3.63) is 71.9 Å². The first kappa shape index (κ1) is 16.2. The lowest BCUT2D eigenvalue weighted by atomic mass is 10.0. The van der Waals surface area contributed by atoms with E-state index in [0.29, 0.717) is 5.82 Å². The highest BCUT2D eigenvalue weighted by atomic mass is 16.5. The van der Waals surface area contributed by atoms with Gasteiger partial charge >= 0.3 is 0 Å². The third-order valence-corrected chi connectivity index (χ3v) is 4.49. The van der Waals surface area contributed by atoms with E-state index in [1.807, 2.05) is 61.7 Å². The van der Waals surface area contributed by atoms with Gasteiger partial charge in [-0.1, -0.05) is 24.3 Å². The summed E-state index contributed by atoms with van der Waals surface area (Å²) in [6.07, 6.45) is 1.84. The number of nitrogens with zero attached hydrogens (tertiary/aromatic N) is 3. The van der Waals surface area contributed by atoms with Crippen molar-refractivity contribution in [3.8, 4) is 28.5 Å². The highest BCUT2D eigenvalue weighted by Crippen LogP contribution is 2.30. The predicted octanol–water partition coefficient (Wildman–Crippen LogP) is 4.98. The number of hydrogen-bond acceptors (Lipinski definition) is 4. The Morgan fingerprint density at radius 1 is 0.808 bits per heavy atom. The number of aryl methyl sites for hydroxylation is 2. The molecule has 0 aliphatic heterocycles. The molecule has 0 aliphatic rings. The largest absolute Gasteiger partial charge is 0.496 e. The van der Waals surface area contributed by atoms with E-state index >= 15 is 0 Å². The van der Waals surface area contributed by atoms with Crippen LogP contribution in [0.15, 0.2) is 60.8 Å². The van der Waals surface area contributed by atoms with Gasteiger partial charge in [0.2, 0.25) is 0 Å². The van der Waals surface area contributed by atoms with Crippen molar-refractivity contribution in [3.63, 3.8) is 0 Å². The maximum atomic E-state index is 5.41. The number of methoxy groups -OCH3 is 1. The molecule has 4 nitrogen and oxygen atoms in total. The molecule has 0 fully saturated rings. The molecule has 0 spiro atoms. The van der Waals surface area contributed by atoms with Crippen LogP contribution in [0.25, 0.3) is 33.7 Å². The summed E-state index contributed by atoms with van der Waals surface area (Å²) >= 11 is 0. The Bertz CT molecular complexity index is 1110. The molecule has 0 aliphatic carbocycles. The Kier molecular flexibility index (Phi) is 4.09. The van der Waals surface area contributed by atoms with Gasteiger partial charge in [-0.3, -0.25) is 0 Å². The predicted molar refractivity (Wildman–Crippen MR) is 104 cm³/mol. The van der Waals surface area contributed by atoms with Gasteiger partial charge < -0.3 is 4.74 Å². The van der Waals surface area contributed by atoms with E-state index in [1.165, 1.54) is 0 Å². The second-order valence-electron chi connectivity index (χ2n) is 6.30. The number of para-hydroxylation sites is 1. The van der Waals surface area contributed by atoms with Crippen LogP contribution in [0.2, 0.25) is 0 Å². The zero-order chi connectivity index (χ0) is 18.1. The van der Waals surface area contributed by atoms with Gasteiger partial charge in [0, 0.05) is 17.1 Å². The molecule has 0 bridgehead atoms. The normalized spacial score (nSPS) is 10.9. The number of fused-ring (bicyclic) bond motifs is 1. The highest BCUT2D eigenvalue weighted by molar-refractivity contribution is 5.79. The van der Waals surface area contributed by atoms with Crippen molar-refractivity contribution in [1.29, 1.82) is 0 Å². The molecule has 128 valence electrons. The second kappa shape index (κ2) is 6.56. The van der Waals surface area contributed by atoms with Crippen LogP contribution in [0.5, 0.6) is 5.75 Å². The smallest absolute Gasteiger partial charge is 0.178 e. The van der Waals surface area contributed by atoms with Gasteiger partial charge in [0.15, 0.2) is 5.82 Å². The summed E-state index contributed by atoms with van der Waals surface area (Å²) in [5.41, 5.74) is 5.88. The molecule has 2 heterocycles. The van der Waals surface area contributed by atoms with Crippen molar-refractivity contribution in [1.82, 2.24) is 15.0 Å². The molecule has 0 atom stereocenters. The van der Waals surface area contributed by atoms with E-state index in [1.54, 1.807) is 7.11 Å². The molecule has 0 radical (unpaired) electrons. The minimum Gasteiger partial charge on any atom is -0.496 e. The Morgan fingerprint density at radius 2 is 1.62 bits per heavy atom. The van der Waals surface area contributed by atoms with Crippen molar-refractivity contribution < 1.29 is 4.74 Å². The van der Waals surface area contributed by atoms with E-state index in [4.69, 9.17) is 9.72 Å². The molecule has 2 aromatic heterocycles. The van der Waals surface area contributed by atoms with Crippen molar-refractivity contribution in [2.45, 2.75) is 13.8 Å². The van der Waals surface area contributed by atoms with Crippen LogP contribution in [0, 0.1) is 13.8 Å². The van der Waals surface area contributed by atoms with Crippen molar-refractivity contribution in [2.24, 2.45) is 0 Å². The number of hydrogen-bond donors (Lipinski definition) is 0. The zero-order valence-electron chi connectivity index (χ0n) is 15.0. The van der Waals surface area contributed by atoms with Crippen molar-refractivity contribution in [2.75, 3.05) is 7.11 Å². The van der Waals surface area contributed by atoms with E-state index < -0.39 is 0 Å². The fourth-order valence-corrected chi connectivity index (χ4v) is 3.09. The van der Waals surface area contributed by atoms with Gasteiger partial charge in [0.1, 0.15) is 11.4 Å². The standard InChI is InChI=1S/C22H19N3O/c1-14-12-21(26-3)15(2)11-17(14)19-9-6-10-20(24-19)22-23-13-16-7-4-5-8-18(16)25-22/h4-13H,1-3H3. The lowest BCUT2D eigenvalue weighted by molar-refractivity contribution is 0.411. The van der Waals surface area contributed by atoms with Crippen LogP contribution in [-0.4, -0.2) is 22.1 Å². The maximum Gasteiger partial charge on any atom is 0.178 e. The fraction of sp³-hybridized carbons (Fsp3) is 0.136. The van der Waals surface area contributed by atoms with Gasteiger partial charge in [0.05, 0.1) is 18.3 Å². The highest BCUT2D eigenvalue weighted by Gasteiger charge is 2.11. The lowest BCUT2D eigenvalue weighted by Gasteiger charge is -2.12. The average Bonchev–Trinajstić information content (AvgIpc) is 2.69. The van der Waals surface area contributed by atoms with Crippen LogP contribution in [0.3, 0.4) is 0 Å². The third kappa shape index (κ3) is 2.90. The Morgan fingerprint density at radius 3 is 2.46 bits per heavy atom. The molecule has 4 aromatic rings. The molecular weight excluding hydrogens is 322 g/mol. The van der Waals surface area contributed by atoms with Crippen molar-refractivity contribution >= 4 is 10.9 Å². The summed E-state index contributed by atoms with van der Waals surface area (Å²) < 4.78 is 5.41. The topological polar surface area (TPSA) is 47.9 Å². The zero-order valence-corrected chi connectivity index (χ0v) is 15.0. The monoisotopic (exact) mass is 341 g/mol. The first-order chi connectivity index (χ1) is 12.7. The minimum absolute atomic E-state index is 0.633. The van der Waals surface area contributed by atoms with E-state index in [9.17, 15) is 0 Å². The molecule has 4 rings (SSSR count). The van der Waals surface area contributed by atoms with E-state index in [2.05, 4.69) is 23.0 Å². The fourth-order valence-electron chi connectivity index (χ4n) is 3.09. The number of aromatic nitrogens is 3. The quantitative estimate of drug-likeness (QED) is 0.527. The van der Waals surface area contributed by atoms with Gasteiger partial charge in [-0.05, 0) is 55.3 Å². The summed E-state index contributed by atoms with van der Waals surface area (Å²) in [7, 11) is 1.69. The van der Waals surface area contributed by atoms with Crippen LogP contribution in [-0.2, 0) is 0 Å². The van der Waals surface area contributed by atoms with E-state index in [0.717, 1.165) is 44.7 Å². The summed E-state index contributed by atoms with van der Waals surface area (Å²) in [4.78, 5) is 14.0. The third-order valence-electron chi connectivity index (χ3n) is 4.49. The number of benzene rings is 2. The molecule has 0 saturated heterocycles. The SMILES string of the molecule is COc1cc(C)c(-c2cccc(-c3ncc4ccccc4n3)n2)cc1C. The Balaban J connectivity index is 1.80. The minimum atomic E-state index is 0.633. The van der Waals surface area contributed by atoms with Gasteiger partial charge in [0.25, 0.3) is 0 Å². The second-order valence-corrected chi connectivity index (χ2v) is 6.30. The van der Waals surface area contributed by atoms with Gasteiger partial charge in [-0.2, -0.15) is 0 Å². The van der Waals surface area contributed by atoms with Gasteiger partial charge in [-0.15, -0.1) is 0 Å². The average molecular weight is 341 g/mol. The summed E-state index contributed by atoms with van der Waals surface area (Å²) in [6.45, 7) is 4.11. The molecule has 0 saturated carbocycles. The van der Waals surface area contributed by atoms with Gasteiger partial charge in [-0.25, -0.2) is 15.0 Å². The Labute approximate surface area is 152 Å². The maximum absolute atomic E-state index is 5.41. The van der Waals surface area contributed by atoms with Crippen LogP contribution < -0.4 is 4.74 Å². The number of ether oxygens (including phenoxy) is 1. The Hall–Kier alpha value is -3.27. The number of rotatable bonds is 3. The summed E-state index contributed by atoms with van der Waals surface area (Å²) in [5, 5.41) is 1.02.